The van der Waals surface area contributed by atoms with E-state index in [1.165, 1.54) is 6.42 Å². The lowest BCUT2D eigenvalue weighted by Crippen LogP contribution is -2.38. The Morgan fingerprint density at radius 3 is 2.83 bits per heavy atom. The van der Waals surface area contributed by atoms with Crippen molar-refractivity contribution in [2.75, 3.05) is 32.7 Å². The number of hydrogen-bond donors (Lipinski definition) is 2. The number of likely N-dealkylation sites (N-methyl/N-ethyl adjacent to an activating group) is 1. The standard InChI is InChI=1S/C14H29N3O/c1-4-17(12(2)3)10-9-16-14(18)6-5-13-7-8-15-11-13/h12-13,15H,4-11H2,1-3H3,(H,16,18). The fourth-order valence-electron chi connectivity index (χ4n) is 2.50. The second kappa shape index (κ2) is 8.48. The van der Waals surface area contributed by atoms with E-state index in [-0.39, 0.29) is 5.91 Å². The van der Waals surface area contributed by atoms with E-state index >= 15 is 0 Å². The lowest BCUT2D eigenvalue weighted by Gasteiger charge is -2.24. The minimum atomic E-state index is 0.210. The van der Waals surface area contributed by atoms with Crippen molar-refractivity contribution in [1.29, 1.82) is 0 Å². The minimum absolute atomic E-state index is 0.210. The molecule has 1 unspecified atom stereocenters. The van der Waals surface area contributed by atoms with Gasteiger partial charge in [0.05, 0.1) is 0 Å². The van der Waals surface area contributed by atoms with Gasteiger partial charge in [0.15, 0.2) is 0 Å². The summed E-state index contributed by atoms with van der Waals surface area (Å²) in [4.78, 5) is 14.1. The number of hydrogen-bond acceptors (Lipinski definition) is 3. The van der Waals surface area contributed by atoms with Gasteiger partial charge in [0.2, 0.25) is 5.91 Å². The lowest BCUT2D eigenvalue weighted by atomic mass is 10.0. The molecule has 2 N–H and O–H groups in total. The molecule has 0 aromatic carbocycles. The van der Waals surface area contributed by atoms with Gasteiger partial charge in [-0.1, -0.05) is 6.92 Å². The Morgan fingerprint density at radius 1 is 1.50 bits per heavy atom. The first-order chi connectivity index (χ1) is 8.63. The number of amides is 1. The Bertz CT molecular complexity index is 237. The van der Waals surface area contributed by atoms with Crippen LogP contribution < -0.4 is 10.6 Å². The summed E-state index contributed by atoms with van der Waals surface area (Å²) in [7, 11) is 0. The first kappa shape index (κ1) is 15.4. The van der Waals surface area contributed by atoms with Crippen LogP contribution in [0.1, 0.15) is 40.0 Å². The summed E-state index contributed by atoms with van der Waals surface area (Å²) in [5, 5.41) is 6.36. The summed E-state index contributed by atoms with van der Waals surface area (Å²) >= 11 is 0. The summed E-state index contributed by atoms with van der Waals surface area (Å²) in [6.45, 7) is 11.5. The number of carbonyl (C=O) groups is 1. The molecule has 1 aliphatic heterocycles. The summed E-state index contributed by atoms with van der Waals surface area (Å²) in [6.07, 6.45) is 2.94. The summed E-state index contributed by atoms with van der Waals surface area (Å²) < 4.78 is 0. The summed E-state index contributed by atoms with van der Waals surface area (Å²) in [5.41, 5.74) is 0. The van der Waals surface area contributed by atoms with Crippen LogP contribution in [-0.2, 0) is 4.79 Å². The average Bonchev–Trinajstić information content (AvgIpc) is 2.84. The molecular formula is C14H29N3O. The van der Waals surface area contributed by atoms with E-state index in [0.29, 0.717) is 18.4 Å². The maximum atomic E-state index is 11.7. The van der Waals surface area contributed by atoms with Gasteiger partial charge in [0.25, 0.3) is 0 Å². The summed E-state index contributed by atoms with van der Waals surface area (Å²) in [6, 6.07) is 0.552. The zero-order valence-electron chi connectivity index (χ0n) is 12.2. The molecule has 106 valence electrons. The van der Waals surface area contributed by atoms with Crippen LogP contribution in [0.5, 0.6) is 0 Å². The van der Waals surface area contributed by atoms with Crippen LogP contribution in [-0.4, -0.2) is 49.6 Å². The van der Waals surface area contributed by atoms with E-state index in [9.17, 15) is 4.79 Å². The number of carbonyl (C=O) groups excluding carboxylic acids is 1. The van der Waals surface area contributed by atoms with Crippen LogP contribution >= 0.6 is 0 Å². The van der Waals surface area contributed by atoms with Gasteiger partial charge in [-0.15, -0.1) is 0 Å². The van der Waals surface area contributed by atoms with Gasteiger partial charge >= 0.3 is 0 Å². The molecule has 1 atom stereocenters. The van der Waals surface area contributed by atoms with E-state index in [2.05, 4.69) is 36.3 Å². The zero-order chi connectivity index (χ0) is 13.4. The van der Waals surface area contributed by atoms with Gasteiger partial charge in [0.1, 0.15) is 0 Å². The minimum Gasteiger partial charge on any atom is -0.355 e. The van der Waals surface area contributed by atoms with E-state index in [1.807, 2.05) is 0 Å². The van der Waals surface area contributed by atoms with Crippen molar-refractivity contribution in [3.8, 4) is 0 Å². The van der Waals surface area contributed by atoms with Gasteiger partial charge < -0.3 is 10.6 Å². The number of nitrogens with one attached hydrogen (secondary N) is 2. The molecule has 4 nitrogen and oxygen atoms in total. The van der Waals surface area contributed by atoms with Crippen molar-refractivity contribution in [1.82, 2.24) is 15.5 Å². The number of nitrogens with zero attached hydrogens (tertiary/aromatic N) is 1. The molecule has 0 aromatic heterocycles. The van der Waals surface area contributed by atoms with Crippen LogP contribution in [0.15, 0.2) is 0 Å². The highest BCUT2D eigenvalue weighted by Gasteiger charge is 2.15. The van der Waals surface area contributed by atoms with Gasteiger partial charge in [0, 0.05) is 25.6 Å². The predicted octanol–water partition coefficient (Wildman–Crippen LogP) is 1.22. The highest BCUT2D eigenvalue weighted by Crippen LogP contribution is 2.13. The monoisotopic (exact) mass is 255 g/mol. The molecule has 0 spiro atoms. The van der Waals surface area contributed by atoms with Crippen LogP contribution in [0, 0.1) is 5.92 Å². The Kier molecular flexibility index (Phi) is 7.28. The van der Waals surface area contributed by atoms with Crippen molar-refractivity contribution in [2.24, 2.45) is 5.92 Å². The Morgan fingerprint density at radius 2 is 2.28 bits per heavy atom. The van der Waals surface area contributed by atoms with Crippen molar-refractivity contribution in [2.45, 2.75) is 46.1 Å². The fourth-order valence-corrected chi connectivity index (χ4v) is 2.50. The van der Waals surface area contributed by atoms with Crippen LogP contribution in [0.25, 0.3) is 0 Å². The molecule has 1 fully saturated rings. The average molecular weight is 255 g/mol. The molecule has 0 aliphatic carbocycles. The molecule has 1 rings (SSSR count). The highest BCUT2D eigenvalue weighted by molar-refractivity contribution is 5.75. The van der Waals surface area contributed by atoms with Crippen LogP contribution in [0.3, 0.4) is 0 Å². The maximum Gasteiger partial charge on any atom is 0.220 e. The van der Waals surface area contributed by atoms with E-state index in [0.717, 1.165) is 39.1 Å². The van der Waals surface area contributed by atoms with Crippen molar-refractivity contribution in [3.63, 3.8) is 0 Å². The molecule has 0 radical (unpaired) electrons. The smallest absolute Gasteiger partial charge is 0.220 e. The fraction of sp³-hybridized carbons (Fsp3) is 0.929. The van der Waals surface area contributed by atoms with Gasteiger partial charge in [-0.05, 0) is 52.2 Å². The molecule has 1 heterocycles. The first-order valence-corrected chi connectivity index (χ1v) is 7.35. The highest BCUT2D eigenvalue weighted by atomic mass is 16.1. The number of rotatable bonds is 8. The van der Waals surface area contributed by atoms with Crippen LogP contribution in [0.2, 0.25) is 0 Å². The second-order valence-corrected chi connectivity index (χ2v) is 5.47. The SMILES string of the molecule is CCN(CCNC(=O)CCC1CCNC1)C(C)C. The van der Waals surface area contributed by atoms with Gasteiger partial charge in [-0.3, -0.25) is 9.69 Å². The van der Waals surface area contributed by atoms with Gasteiger partial charge in [-0.2, -0.15) is 0 Å². The Hall–Kier alpha value is -0.610. The van der Waals surface area contributed by atoms with E-state index < -0.39 is 0 Å². The largest absolute Gasteiger partial charge is 0.355 e. The summed E-state index contributed by atoms with van der Waals surface area (Å²) in [5.74, 6) is 0.917. The zero-order valence-corrected chi connectivity index (χ0v) is 12.2. The maximum absolute atomic E-state index is 11.7. The van der Waals surface area contributed by atoms with E-state index in [4.69, 9.17) is 0 Å². The van der Waals surface area contributed by atoms with Crippen molar-refractivity contribution in [3.05, 3.63) is 0 Å². The lowest BCUT2D eigenvalue weighted by molar-refractivity contribution is -0.121. The van der Waals surface area contributed by atoms with E-state index in [1.54, 1.807) is 0 Å². The third-order valence-electron chi connectivity index (χ3n) is 3.80. The normalized spacial score (nSPS) is 19.7. The van der Waals surface area contributed by atoms with Crippen molar-refractivity contribution >= 4 is 5.91 Å². The second-order valence-electron chi connectivity index (χ2n) is 5.47. The topological polar surface area (TPSA) is 44.4 Å². The Labute approximate surface area is 111 Å². The molecule has 1 aliphatic rings. The molecule has 0 saturated carbocycles. The van der Waals surface area contributed by atoms with Gasteiger partial charge in [-0.25, -0.2) is 0 Å². The first-order valence-electron chi connectivity index (χ1n) is 7.35. The Balaban J connectivity index is 2.05. The third kappa shape index (κ3) is 5.83. The van der Waals surface area contributed by atoms with Crippen molar-refractivity contribution < 1.29 is 4.79 Å². The predicted molar refractivity (Wildman–Crippen MR) is 75.6 cm³/mol. The quantitative estimate of drug-likeness (QED) is 0.685. The third-order valence-corrected chi connectivity index (χ3v) is 3.80. The molecule has 1 amide bonds. The molecule has 0 bridgehead atoms. The van der Waals surface area contributed by atoms with Crippen LogP contribution in [0.4, 0.5) is 0 Å². The molecule has 0 aromatic rings. The molecule has 4 heteroatoms. The molecular weight excluding hydrogens is 226 g/mol. The molecule has 1 saturated heterocycles. The molecule has 18 heavy (non-hydrogen) atoms.